The minimum atomic E-state index is -0.354. The van der Waals surface area contributed by atoms with Gasteiger partial charge in [0.1, 0.15) is 0 Å². The van der Waals surface area contributed by atoms with E-state index in [9.17, 15) is 9.59 Å². The molecule has 132 valence electrons. The van der Waals surface area contributed by atoms with Crippen LogP contribution in [0.15, 0.2) is 23.0 Å². The van der Waals surface area contributed by atoms with Crippen LogP contribution in [0.2, 0.25) is 0 Å². The Morgan fingerprint density at radius 1 is 0.783 bits per heavy atom. The Morgan fingerprint density at radius 3 is 1.61 bits per heavy atom. The summed E-state index contributed by atoms with van der Waals surface area (Å²) in [7, 11) is 0. The van der Waals surface area contributed by atoms with Crippen molar-refractivity contribution < 1.29 is 19.1 Å². The minimum Gasteiger partial charge on any atom is -0.462 e. The monoisotopic (exact) mass is 360 g/mol. The molecule has 0 bridgehead atoms. The van der Waals surface area contributed by atoms with Crippen molar-refractivity contribution in [3.05, 3.63) is 23.0 Å². The molecule has 23 heavy (non-hydrogen) atoms. The first-order valence-electron chi connectivity index (χ1n) is 8.10. The highest BCUT2D eigenvalue weighted by Crippen LogP contribution is 2.06. The van der Waals surface area contributed by atoms with Crippen molar-refractivity contribution >= 4 is 35.5 Å². The van der Waals surface area contributed by atoms with Crippen molar-refractivity contribution in [3.8, 4) is 0 Å². The maximum absolute atomic E-state index is 11.4. The van der Waals surface area contributed by atoms with Crippen LogP contribution in [0.3, 0.4) is 0 Å². The number of esters is 2. The van der Waals surface area contributed by atoms with Gasteiger partial charge in [0.25, 0.3) is 0 Å². The molecule has 0 aliphatic carbocycles. The zero-order valence-corrected chi connectivity index (χ0v) is 15.8. The van der Waals surface area contributed by atoms with Crippen molar-refractivity contribution in [1.82, 2.24) is 0 Å². The second kappa shape index (κ2) is 17.5. The first-order chi connectivity index (χ1) is 11.2. The van der Waals surface area contributed by atoms with E-state index in [0.717, 1.165) is 37.2 Å². The van der Waals surface area contributed by atoms with Gasteiger partial charge in [-0.3, -0.25) is 0 Å². The Kier molecular flexibility index (Phi) is 16.8. The number of hydrogen-bond acceptors (Lipinski definition) is 6. The summed E-state index contributed by atoms with van der Waals surface area (Å²) in [6, 6.07) is 0. The molecule has 0 fully saturated rings. The average Bonchev–Trinajstić information content (AvgIpc) is 2.54. The number of unbranched alkanes of at least 4 members (excludes halogenated alkanes) is 2. The van der Waals surface area contributed by atoms with Gasteiger partial charge >= 0.3 is 11.9 Å². The molecule has 0 heterocycles. The van der Waals surface area contributed by atoms with Gasteiger partial charge in [-0.05, 0) is 35.2 Å². The highest BCUT2D eigenvalue weighted by atomic mass is 32.2. The van der Waals surface area contributed by atoms with Gasteiger partial charge < -0.3 is 9.47 Å². The van der Waals surface area contributed by atoms with Crippen LogP contribution in [0.1, 0.15) is 46.0 Å². The average molecular weight is 361 g/mol. The fourth-order valence-corrected chi connectivity index (χ4v) is 2.90. The molecule has 0 spiro atoms. The molecule has 0 rings (SSSR count). The van der Waals surface area contributed by atoms with E-state index >= 15 is 0 Å². The normalized spacial score (nSPS) is 11.2. The fraction of sp³-hybridized carbons (Fsp3) is 0.647. The molecule has 0 saturated heterocycles. The largest absolute Gasteiger partial charge is 0.462 e. The van der Waals surface area contributed by atoms with Gasteiger partial charge in [-0.1, -0.05) is 26.7 Å². The van der Waals surface area contributed by atoms with Crippen molar-refractivity contribution in [2.45, 2.75) is 46.0 Å². The molecule has 0 aromatic carbocycles. The van der Waals surface area contributed by atoms with Crippen LogP contribution in [-0.4, -0.2) is 36.7 Å². The maximum Gasteiger partial charge on any atom is 0.331 e. The van der Waals surface area contributed by atoms with Gasteiger partial charge in [0, 0.05) is 18.6 Å². The fourth-order valence-electron chi connectivity index (χ4n) is 1.30. The van der Waals surface area contributed by atoms with Gasteiger partial charge in [0.15, 0.2) is 0 Å². The van der Waals surface area contributed by atoms with Crippen LogP contribution in [0.25, 0.3) is 0 Å². The van der Waals surface area contributed by atoms with Crippen molar-refractivity contribution in [3.63, 3.8) is 0 Å². The van der Waals surface area contributed by atoms with E-state index in [4.69, 9.17) is 9.47 Å². The summed E-state index contributed by atoms with van der Waals surface area (Å²) in [6.07, 6.45) is 7.95. The highest BCUT2D eigenvalue weighted by molar-refractivity contribution is 8.02. The summed E-state index contributed by atoms with van der Waals surface area (Å²) in [5, 5.41) is 3.53. The summed E-state index contributed by atoms with van der Waals surface area (Å²) in [6.45, 7) is 4.77. The van der Waals surface area contributed by atoms with E-state index in [-0.39, 0.29) is 25.2 Å². The summed E-state index contributed by atoms with van der Waals surface area (Å²) in [4.78, 5) is 22.7. The predicted molar refractivity (Wildman–Crippen MR) is 99.5 cm³/mol. The summed E-state index contributed by atoms with van der Waals surface area (Å²) in [5.74, 6) is 1.32. The molecule has 6 heteroatoms. The Bertz CT molecular complexity index is 334. The molecule has 0 aromatic rings. The lowest BCUT2D eigenvalue weighted by Gasteiger charge is -2.03. The highest BCUT2D eigenvalue weighted by Gasteiger charge is 1.99. The smallest absolute Gasteiger partial charge is 0.331 e. The Morgan fingerprint density at radius 2 is 1.22 bits per heavy atom. The molecule has 0 amide bonds. The van der Waals surface area contributed by atoms with Gasteiger partial charge in [-0.15, -0.1) is 23.5 Å². The van der Waals surface area contributed by atoms with Crippen LogP contribution >= 0.6 is 23.5 Å². The van der Waals surface area contributed by atoms with Crippen LogP contribution in [-0.2, 0) is 19.1 Å². The summed E-state index contributed by atoms with van der Waals surface area (Å²) in [5.41, 5.74) is 0. The number of thioether (sulfide) groups is 2. The second-order valence-electron chi connectivity index (χ2n) is 4.74. The topological polar surface area (TPSA) is 52.6 Å². The Balaban J connectivity index is 3.49. The lowest BCUT2D eigenvalue weighted by molar-refractivity contribution is -0.140. The van der Waals surface area contributed by atoms with Gasteiger partial charge in [0.05, 0.1) is 13.2 Å². The minimum absolute atomic E-state index is 0.255. The first kappa shape index (κ1) is 22.1. The van der Waals surface area contributed by atoms with Crippen molar-refractivity contribution in [1.29, 1.82) is 0 Å². The number of rotatable bonds is 14. The van der Waals surface area contributed by atoms with Gasteiger partial charge in [0.2, 0.25) is 0 Å². The number of carbonyl (C=O) groups is 2. The van der Waals surface area contributed by atoms with Crippen LogP contribution in [0.4, 0.5) is 0 Å². The van der Waals surface area contributed by atoms with E-state index in [1.54, 1.807) is 34.3 Å². The zero-order chi connectivity index (χ0) is 17.2. The maximum atomic E-state index is 11.4. The van der Waals surface area contributed by atoms with Crippen molar-refractivity contribution in [2.24, 2.45) is 0 Å². The third-order valence-corrected chi connectivity index (χ3v) is 4.32. The molecule has 4 nitrogen and oxygen atoms in total. The Hall–Kier alpha value is -0.880. The van der Waals surface area contributed by atoms with E-state index < -0.39 is 0 Å². The lowest BCUT2D eigenvalue weighted by atomic mass is 10.4. The number of hydrogen-bond donors (Lipinski definition) is 0. The molecule has 0 aliphatic rings. The zero-order valence-electron chi connectivity index (χ0n) is 14.1. The second-order valence-corrected chi connectivity index (χ2v) is 6.77. The van der Waals surface area contributed by atoms with Gasteiger partial charge in [-0.2, -0.15) is 0 Å². The molecular formula is C17H28O4S2. The molecular weight excluding hydrogens is 332 g/mol. The number of ether oxygens (including phenoxy) is 2. The van der Waals surface area contributed by atoms with E-state index in [1.807, 2.05) is 0 Å². The molecule has 0 atom stereocenters. The molecule has 0 unspecified atom stereocenters. The molecule has 0 radical (unpaired) electrons. The third-order valence-electron chi connectivity index (χ3n) is 2.61. The standard InChI is InChI=1S/C17H28O4S2/c1-3-5-12-22-14-8-16(18)20-10-7-11-21-17(19)9-15-23-13-6-4-2/h8-9,14-15H,3-7,10-13H2,1-2H3/b14-8-,15-9-. The summed E-state index contributed by atoms with van der Waals surface area (Å²) >= 11 is 3.21. The van der Waals surface area contributed by atoms with Gasteiger partial charge in [-0.25, -0.2) is 9.59 Å². The molecule has 0 aliphatic heterocycles. The molecule has 0 aromatic heterocycles. The first-order valence-corrected chi connectivity index (χ1v) is 10.2. The lowest BCUT2D eigenvalue weighted by Crippen LogP contribution is -2.07. The van der Waals surface area contributed by atoms with Crippen LogP contribution in [0.5, 0.6) is 0 Å². The van der Waals surface area contributed by atoms with Crippen molar-refractivity contribution in [2.75, 3.05) is 24.7 Å². The third kappa shape index (κ3) is 17.3. The van der Waals surface area contributed by atoms with Crippen LogP contribution < -0.4 is 0 Å². The molecule has 0 saturated carbocycles. The summed E-state index contributed by atoms with van der Waals surface area (Å²) < 4.78 is 10.0. The van der Waals surface area contributed by atoms with E-state index in [0.29, 0.717) is 6.42 Å². The van der Waals surface area contributed by atoms with Crippen LogP contribution in [0, 0.1) is 0 Å². The van der Waals surface area contributed by atoms with E-state index in [1.165, 1.54) is 12.2 Å². The Labute approximate surface area is 148 Å². The molecule has 0 N–H and O–H groups in total. The SMILES string of the molecule is CCCCS/C=C\C(=O)OCCCOC(=O)/C=C\SCCCC. The predicted octanol–water partition coefficient (Wildman–Crippen LogP) is 4.56. The number of carbonyl (C=O) groups excluding carboxylic acids is 2. The quantitative estimate of drug-likeness (QED) is 0.257. The van der Waals surface area contributed by atoms with E-state index in [2.05, 4.69) is 13.8 Å².